The summed E-state index contributed by atoms with van der Waals surface area (Å²) in [5.74, 6) is 0.627. The van der Waals surface area contributed by atoms with Crippen molar-refractivity contribution in [3.8, 4) is 17.3 Å². The Morgan fingerprint density at radius 2 is 1.93 bits per heavy atom. The standard InChI is InChI=1S/C33H36N8O/c34-16-13-30(24-9-4-5-10-24)41-22-26(19-37-41)28-14-17-36-33(38-28)39-29-12-6-11-27(32(35)42)31(29)25-15-18-40(21-25)20-23-7-2-1-3-8-23/h1-3,6-8,11-12,14,17,19,22,24-25,30H,4-5,9-10,13,15,18,20-21H2,(H2,35,42)(H,36,38,39)/t25-,30?/m1/s1. The normalized spacial score (nSPS) is 18.1. The van der Waals surface area contributed by atoms with Crippen molar-refractivity contribution in [3.63, 3.8) is 0 Å². The molecule has 214 valence electrons. The Morgan fingerprint density at radius 3 is 2.71 bits per heavy atom. The van der Waals surface area contributed by atoms with Crippen molar-refractivity contribution in [2.24, 2.45) is 11.7 Å². The van der Waals surface area contributed by atoms with Crippen LogP contribution < -0.4 is 11.1 Å². The second-order valence-electron chi connectivity index (χ2n) is 11.4. The van der Waals surface area contributed by atoms with E-state index in [4.69, 9.17) is 10.7 Å². The molecule has 2 aromatic heterocycles. The Bertz CT molecular complexity index is 1570. The molecule has 1 saturated heterocycles. The van der Waals surface area contributed by atoms with Crippen LogP contribution in [0.2, 0.25) is 0 Å². The predicted molar refractivity (Wildman–Crippen MR) is 162 cm³/mol. The fraction of sp³-hybridized carbons (Fsp3) is 0.364. The highest BCUT2D eigenvalue weighted by atomic mass is 16.1. The van der Waals surface area contributed by atoms with Crippen LogP contribution in [0.3, 0.4) is 0 Å². The number of hydrogen-bond acceptors (Lipinski definition) is 7. The highest BCUT2D eigenvalue weighted by Crippen LogP contribution is 2.38. The monoisotopic (exact) mass is 560 g/mol. The molecule has 2 aromatic carbocycles. The largest absolute Gasteiger partial charge is 0.366 e. The van der Waals surface area contributed by atoms with Gasteiger partial charge in [0.15, 0.2) is 0 Å². The Morgan fingerprint density at radius 1 is 1.10 bits per heavy atom. The maximum Gasteiger partial charge on any atom is 0.249 e. The number of amides is 1. The second kappa shape index (κ2) is 12.5. The minimum Gasteiger partial charge on any atom is -0.366 e. The lowest BCUT2D eigenvalue weighted by atomic mass is 9.91. The average molecular weight is 561 g/mol. The van der Waals surface area contributed by atoms with Crippen molar-refractivity contribution >= 4 is 17.5 Å². The van der Waals surface area contributed by atoms with Gasteiger partial charge in [-0.25, -0.2) is 9.97 Å². The van der Waals surface area contributed by atoms with E-state index < -0.39 is 5.91 Å². The second-order valence-corrected chi connectivity index (χ2v) is 11.4. The van der Waals surface area contributed by atoms with Gasteiger partial charge in [0.2, 0.25) is 11.9 Å². The number of nitrogens with two attached hydrogens (primary N) is 1. The minimum atomic E-state index is -0.438. The van der Waals surface area contributed by atoms with E-state index in [1.807, 2.05) is 41.3 Å². The first-order valence-electron chi connectivity index (χ1n) is 14.8. The van der Waals surface area contributed by atoms with E-state index in [2.05, 4.69) is 50.6 Å². The summed E-state index contributed by atoms with van der Waals surface area (Å²) < 4.78 is 1.94. The van der Waals surface area contributed by atoms with Gasteiger partial charge in [0.1, 0.15) is 0 Å². The van der Waals surface area contributed by atoms with Crippen molar-refractivity contribution in [2.75, 3.05) is 18.4 Å². The maximum absolute atomic E-state index is 12.5. The van der Waals surface area contributed by atoms with Gasteiger partial charge in [-0.1, -0.05) is 49.2 Å². The van der Waals surface area contributed by atoms with Gasteiger partial charge in [-0.3, -0.25) is 14.4 Å². The van der Waals surface area contributed by atoms with Crippen LogP contribution in [-0.2, 0) is 6.54 Å². The topological polar surface area (TPSA) is 126 Å². The maximum atomic E-state index is 12.5. The molecule has 4 aromatic rings. The molecule has 2 fully saturated rings. The number of rotatable bonds is 10. The number of aromatic nitrogens is 4. The number of hydrogen-bond donors (Lipinski definition) is 2. The molecule has 42 heavy (non-hydrogen) atoms. The number of nitrogens with zero attached hydrogens (tertiary/aromatic N) is 6. The number of primary amides is 1. The van der Waals surface area contributed by atoms with E-state index in [9.17, 15) is 10.1 Å². The van der Waals surface area contributed by atoms with E-state index in [1.54, 1.807) is 12.3 Å². The molecule has 1 aliphatic carbocycles. The first-order chi connectivity index (χ1) is 20.6. The molecule has 0 spiro atoms. The van der Waals surface area contributed by atoms with E-state index >= 15 is 0 Å². The van der Waals surface area contributed by atoms with Crippen molar-refractivity contribution in [1.29, 1.82) is 5.26 Å². The molecular formula is C33H36N8O. The SMILES string of the molecule is N#CCC(C1CCCC1)n1cc(-c2ccnc(Nc3cccc(C(N)=O)c3[C@@H]3CCN(Cc4ccccc4)C3)n2)cn1. The van der Waals surface area contributed by atoms with Gasteiger partial charge in [-0.05, 0) is 61.1 Å². The third kappa shape index (κ3) is 6.04. The van der Waals surface area contributed by atoms with Gasteiger partial charge in [0, 0.05) is 48.2 Å². The zero-order valence-electron chi connectivity index (χ0n) is 23.7. The summed E-state index contributed by atoms with van der Waals surface area (Å²) in [6.45, 7) is 2.64. The fourth-order valence-corrected chi connectivity index (χ4v) is 6.65. The quantitative estimate of drug-likeness (QED) is 0.250. The summed E-state index contributed by atoms with van der Waals surface area (Å²) in [7, 11) is 0. The molecule has 0 radical (unpaired) electrons. The van der Waals surface area contributed by atoms with Gasteiger partial charge in [-0.2, -0.15) is 10.4 Å². The molecule has 1 unspecified atom stereocenters. The number of carbonyl (C=O) groups is 1. The number of nitriles is 1. The van der Waals surface area contributed by atoms with Crippen LogP contribution in [0.1, 0.15) is 72.0 Å². The lowest BCUT2D eigenvalue weighted by molar-refractivity contribution is 0.0999. The lowest BCUT2D eigenvalue weighted by Crippen LogP contribution is -2.21. The first-order valence-corrected chi connectivity index (χ1v) is 14.8. The molecule has 9 nitrogen and oxygen atoms in total. The van der Waals surface area contributed by atoms with Gasteiger partial charge >= 0.3 is 0 Å². The molecule has 3 N–H and O–H groups in total. The summed E-state index contributed by atoms with van der Waals surface area (Å²) in [4.78, 5) is 24.2. The van der Waals surface area contributed by atoms with Crippen molar-refractivity contribution < 1.29 is 4.79 Å². The van der Waals surface area contributed by atoms with Gasteiger partial charge < -0.3 is 11.1 Å². The van der Waals surface area contributed by atoms with Gasteiger partial charge in [0.05, 0.1) is 30.4 Å². The lowest BCUT2D eigenvalue weighted by Gasteiger charge is -2.21. The molecule has 1 saturated carbocycles. The highest BCUT2D eigenvalue weighted by Gasteiger charge is 2.30. The molecule has 0 bridgehead atoms. The summed E-state index contributed by atoms with van der Waals surface area (Å²) in [5.41, 5.74) is 11.0. The number of carbonyl (C=O) groups excluding carboxylic acids is 1. The average Bonchev–Trinajstić information content (AvgIpc) is 3.80. The molecule has 2 aliphatic rings. The van der Waals surface area contributed by atoms with Crippen LogP contribution in [-0.4, -0.2) is 43.6 Å². The number of likely N-dealkylation sites (tertiary alicyclic amines) is 1. The molecule has 6 rings (SSSR count). The Balaban J connectivity index is 1.23. The number of benzene rings is 2. The summed E-state index contributed by atoms with van der Waals surface area (Å²) in [6.07, 6.45) is 11.6. The Kier molecular flexibility index (Phi) is 8.24. The molecule has 9 heteroatoms. The molecule has 1 amide bonds. The van der Waals surface area contributed by atoms with E-state index in [0.29, 0.717) is 23.9 Å². The van der Waals surface area contributed by atoms with E-state index in [1.165, 1.54) is 18.4 Å². The van der Waals surface area contributed by atoms with Gasteiger partial charge in [-0.15, -0.1) is 0 Å². The zero-order chi connectivity index (χ0) is 28.9. The van der Waals surface area contributed by atoms with Crippen LogP contribution in [0, 0.1) is 17.2 Å². The summed E-state index contributed by atoms with van der Waals surface area (Å²) >= 11 is 0. The first kappa shape index (κ1) is 27.6. The van der Waals surface area contributed by atoms with Crippen LogP contribution >= 0.6 is 0 Å². The molecule has 3 heterocycles. The highest BCUT2D eigenvalue weighted by molar-refractivity contribution is 5.96. The predicted octanol–water partition coefficient (Wildman–Crippen LogP) is 5.82. The van der Waals surface area contributed by atoms with Crippen molar-refractivity contribution in [2.45, 2.75) is 57.0 Å². The van der Waals surface area contributed by atoms with Gasteiger partial charge in [0.25, 0.3) is 0 Å². The third-order valence-corrected chi connectivity index (χ3v) is 8.68. The minimum absolute atomic E-state index is 0.0812. The smallest absolute Gasteiger partial charge is 0.249 e. The zero-order valence-corrected chi connectivity index (χ0v) is 23.7. The number of nitrogens with one attached hydrogen (secondary N) is 1. The fourth-order valence-electron chi connectivity index (χ4n) is 6.65. The third-order valence-electron chi connectivity index (χ3n) is 8.68. The van der Waals surface area contributed by atoms with E-state index in [-0.39, 0.29) is 12.0 Å². The van der Waals surface area contributed by atoms with Crippen molar-refractivity contribution in [3.05, 3.63) is 89.9 Å². The summed E-state index contributed by atoms with van der Waals surface area (Å²) in [6, 6.07) is 20.3. The van der Waals surface area contributed by atoms with Crippen LogP contribution in [0.4, 0.5) is 11.6 Å². The van der Waals surface area contributed by atoms with Crippen LogP contribution in [0.25, 0.3) is 11.3 Å². The van der Waals surface area contributed by atoms with Crippen molar-refractivity contribution in [1.82, 2.24) is 24.6 Å². The Hall–Kier alpha value is -4.55. The van der Waals surface area contributed by atoms with E-state index in [0.717, 1.165) is 61.4 Å². The molecular weight excluding hydrogens is 524 g/mol. The van der Waals surface area contributed by atoms with Crippen LogP contribution in [0.15, 0.2) is 73.2 Å². The summed E-state index contributed by atoms with van der Waals surface area (Å²) in [5, 5.41) is 17.5. The number of anilines is 2. The van der Waals surface area contributed by atoms with Crippen LogP contribution in [0.5, 0.6) is 0 Å². The molecule has 1 aliphatic heterocycles. The Labute approximate surface area is 246 Å². The molecule has 2 atom stereocenters.